The van der Waals surface area contributed by atoms with E-state index >= 15 is 0 Å². The molecule has 0 amide bonds. The van der Waals surface area contributed by atoms with Crippen molar-refractivity contribution in [3.05, 3.63) is 0 Å². The van der Waals surface area contributed by atoms with Gasteiger partial charge in [0.05, 0.1) is 5.92 Å². The third-order valence-corrected chi connectivity index (χ3v) is 3.41. The zero-order chi connectivity index (χ0) is 13.6. The van der Waals surface area contributed by atoms with Gasteiger partial charge in [0, 0.05) is 0 Å². The molecular weight excluding hydrogens is 226 g/mol. The lowest BCUT2D eigenvalue weighted by Crippen LogP contribution is -2.39. The largest absolute Gasteiger partial charge is 0.460 e. The lowest BCUT2D eigenvalue weighted by Gasteiger charge is -2.32. The van der Waals surface area contributed by atoms with E-state index in [-0.39, 0.29) is 17.5 Å². The molecule has 0 atom stereocenters. The summed E-state index contributed by atoms with van der Waals surface area (Å²) in [6, 6.07) is 0. The highest BCUT2D eigenvalue weighted by Gasteiger charge is 2.28. The number of ether oxygens (including phenoxy) is 1. The van der Waals surface area contributed by atoms with Gasteiger partial charge in [0.25, 0.3) is 0 Å². The minimum absolute atomic E-state index is 0.00397. The second-order valence-electron chi connectivity index (χ2n) is 6.36. The SMILES string of the molecule is CCCCCN1CCC(C(=O)OC(C)(C)C)CC1. The highest BCUT2D eigenvalue weighted by Crippen LogP contribution is 2.21. The zero-order valence-corrected chi connectivity index (χ0v) is 12.5. The summed E-state index contributed by atoms with van der Waals surface area (Å²) in [6.45, 7) is 11.3. The van der Waals surface area contributed by atoms with Crippen molar-refractivity contribution in [3.63, 3.8) is 0 Å². The number of hydrogen-bond donors (Lipinski definition) is 0. The summed E-state index contributed by atoms with van der Waals surface area (Å²) in [5, 5.41) is 0. The second kappa shape index (κ2) is 7.13. The number of hydrogen-bond acceptors (Lipinski definition) is 3. The lowest BCUT2D eigenvalue weighted by molar-refractivity contribution is -0.161. The van der Waals surface area contributed by atoms with E-state index in [1.807, 2.05) is 20.8 Å². The van der Waals surface area contributed by atoms with E-state index in [1.54, 1.807) is 0 Å². The fourth-order valence-corrected chi connectivity index (χ4v) is 2.36. The number of carbonyl (C=O) groups excluding carboxylic acids is 1. The maximum Gasteiger partial charge on any atom is 0.309 e. The minimum Gasteiger partial charge on any atom is -0.460 e. The molecule has 3 heteroatoms. The molecule has 1 heterocycles. The van der Waals surface area contributed by atoms with Crippen molar-refractivity contribution < 1.29 is 9.53 Å². The van der Waals surface area contributed by atoms with Crippen LogP contribution in [0.1, 0.15) is 59.8 Å². The Balaban J connectivity index is 2.24. The molecule has 0 aromatic rings. The Morgan fingerprint density at radius 1 is 1.22 bits per heavy atom. The Morgan fingerprint density at radius 2 is 1.83 bits per heavy atom. The fourth-order valence-electron chi connectivity index (χ4n) is 2.36. The number of likely N-dealkylation sites (tertiary alicyclic amines) is 1. The molecule has 3 nitrogen and oxygen atoms in total. The predicted molar refractivity (Wildman–Crippen MR) is 74.5 cm³/mol. The average molecular weight is 255 g/mol. The Hall–Kier alpha value is -0.570. The smallest absolute Gasteiger partial charge is 0.309 e. The van der Waals surface area contributed by atoms with Gasteiger partial charge in [-0.05, 0) is 59.7 Å². The lowest BCUT2D eigenvalue weighted by atomic mass is 9.96. The van der Waals surface area contributed by atoms with Gasteiger partial charge in [-0.2, -0.15) is 0 Å². The Bertz CT molecular complexity index is 250. The van der Waals surface area contributed by atoms with Crippen molar-refractivity contribution >= 4 is 5.97 Å². The Labute approximate surface area is 112 Å². The van der Waals surface area contributed by atoms with Gasteiger partial charge < -0.3 is 9.64 Å². The molecule has 0 unspecified atom stereocenters. The normalized spacial score (nSPS) is 18.9. The van der Waals surface area contributed by atoms with Crippen molar-refractivity contribution in [1.82, 2.24) is 4.90 Å². The standard InChI is InChI=1S/C15H29NO2/c1-5-6-7-10-16-11-8-13(9-12-16)14(17)18-15(2,3)4/h13H,5-12H2,1-4H3. The molecule has 1 rings (SSSR count). The van der Waals surface area contributed by atoms with Crippen molar-refractivity contribution in [2.75, 3.05) is 19.6 Å². The number of piperidine rings is 1. The van der Waals surface area contributed by atoms with E-state index in [0.29, 0.717) is 0 Å². The quantitative estimate of drug-likeness (QED) is 0.558. The van der Waals surface area contributed by atoms with Crippen LogP contribution in [0.5, 0.6) is 0 Å². The van der Waals surface area contributed by atoms with Crippen LogP contribution in [0.25, 0.3) is 0 Å². The first-order valence-corrected chi connectivity index (χ1v) is 7.37. The predicted octanol–water partition coefficient (Wildman–Crippen LogP) is 3.23. The van der Waals surface area contributed by atoms with Gasteiger partial charge in [-0.1, -0.05) is 19.8 Å². The van der Waals surface area contributed by atoms with E-state index in [9.17, 15) is 4.79 Å². The summed E-state index contributed by atoms with van der Waals surface area (Å²) < 4.78 is 5.45. The van der Waals surface area contributed by atoms with Crippen LogP contribution < -0.4 is 0 Å². The van der Waals surface area contributed by atoms with Crippen LogP contribution in [0.15, 0.2) is 0 Å². The molecule has 0 saturated carbocycles. The number of esters is 1. The molecule has 0 aromatic carbocycles. The summed E-state index contributed by atoms with van der Waals surface area (Å²) in [6.07, 6.45) is 5.79. The van der Waals surface area contributed by atoms with Crippen molar-refractivity contribution in [2.45, 2.75) is 65.4 Å². The van der Waals surface area contributed by atoms with Crippen LogP contribution in [-0.4, -0.2) is 36.1 Å². The first-order valence-electron chi connectivity index (χ1n) is 7.37. The summed E-state index contributed by atoms with van der Waals surface area (Å²) in [5.74, 6) is 0.113. The third-order valence-electron chi connectivity index (χ3n) is 3.41. The molecule has 1 aliphatic rings. The molecule has 0 radical (unpaired) electrons. The van der Waals surface area contributed by atoms with E-state index in [2.05, 4.69) is 11.8 Å². The Morgan fingerprint density at radius 3 is 2.33 bits per heavy atom. The molecule has 18 heavy (non-hydrogen) atoms. The van der Waals surface area contributed by atoms with Crippen molar-refractivity contribution in [2.24, 2.45) is 5.92 Å². The molecule has 106 valence electrons. The second-order valence-corrected chi connectivity index (χ2v) is 6.36. The summed E-state index contributed by atoms with van der Waals surface area (Å²) in [4.78, 5) is 14.4. The maximum atomic E-state index is 11.9. The molecule has 1 saturated heterocycles. The number of unbranched alkanes of at least 4 members (excludes halogenated alkanes) is 2. The van der Waals surface area contributed by atoms with Crippen LogP contribution in [0.2, 0.25) is 0 Å². The molecule has 0 N–H and O–H groups in total. The molecule has 0 aliphatic carbocycles. The fraction of sp³-hybridized carbons (Fsp3) is 0.933. The Kier molecular flexibility index (Phi) is 6.13. The van der Waals surface area contributed by atoms with E-state index in [1.165, 1.54) is 25.8 Å². The van der Waals surface area contributed by atoms with Crippen LogP contribution in [0.3, 0.4) is 0 Å². The van der Waals surface area contributed by atoms with Gasteiger partial charge in [0.15, 0.2) is 0 Å². The third kappa shape index (κ3) is 5.85. The van der Waals surface area contributed by atoms with Gasteiger partial charge in [0.2, 0.25) is 0 Å². The van der Waals surface area contributed by atoms with Crippen molar-refractivity contribution in [1.29, 1.82) is 0 Å². The van der Waals surface area contributed by atoms with Gasteiger partial charge in [-0.15, -0.1) is 0 Å². The minimum atomic E-state index is -0.352. The average Bonchev–Trinajstić information content (AvgIpc) is 2.28. The zero-order valence-electron chi connectivity index (χ0n) is 12.5. The van der Waals surface area contributed by atoms with Crippen LogP contribution in [0.4, 0.5) is 0 Å². The topological polar surface area (TPSA) is 29.5 Å². The number of nitrogens with zero attached hydrogens (tertiary/aromatic N) is 1. The number of carbonyl (C=O) groups is 1. The molecule has 1 fully saturated rings. The van der Waals surface area contributed by atoms with Crippen LogP contribution >= 0.6 is 0 Å². The van der Waals surface area contributed by atoms with Gasteiger partial charge in [-0.25, -0.2) is 0 Å². The molecule has 0 aromatic heterocycles. The number of rotatable bonds is 5. The molecule has 0 spiro atoms. The summed E-state index contributed by atoms with van der Waals surface area (Å²) in [7, 11) is 0. The van der Waals surface area contributed by atoms with Gasteiger partial charge >= 0.3 is 5.97 Å². The maximum absolute atomic E-state index is 11.9. The van der Waals surface area contributed by atoms with Crippen molar-refractivity contribution in [3.8, 4) is 0 Å². The molecule has 1 aliphatic heterocycles. The van der Waals surface area contributed by atoms with Gasteiger partial charge in [0.1, 0.15) is 5.60 Å². The van der Waals surface area contributed by atoms with Gasteiger partial charge in [-0.3, -0.25) is 4.79 Å². The van der Waals surface area contributed by atoms with E-state index in [0.717, 1.165) is 25.9 Å². The molecule has 0 bridgehead atoms. The highest BCUT2D eigenvalue weighted by atomic mass is 16.6. The summed E-state index contributed by atoms with van der Waals surface area (Å²) in [5.41, 5.74) is -0.352. The monoisotopic (exact) mass is 255 g/mol. The first kappa shape index (κ1) is 15.5. The van der Waals surface area contributed by atoms with Crippen LogP contribution in [-0.2, 0) is 9.53 Å². The first-order chi connectivity index (χ1) is 8.42. The van der Waals surface area contributed by atoms with Crippen LogP contribution in [0, 0.1) is 5.92 Å². The van der Waals surface area contributed by atoms with E-state index in [4.69, 9.17) is 4.74 Å². The highest BCUT2D eigenvalue weighted by molar-refractivity contribution is 5.73. The van der Waals surface area contributed by atoms with E-state index < -0.39 is 0 Å². The molecular formula is C15H29NO2. The summed E-state index contributed by atoms with van der Waals surface area (Å²) >= 11 is 0.